The zero-order valence-electron chi connectivity index (χ0n) is 18.9. The molecule has 1 fully saturated rings. The lowest BCUT2D eigenvalue weighted by atomic mass is 10.0. The molecule has 0 bridgehead atoms. The van der Waals surface area contributed by atoms with Crippen LogP contribution in [0, 0.1) is 6.92 Å². The molecule has 2 N–H and O–H groups in total. The van der Waals surface area contributed by atoms with Crippen LogP contribution >= 0.6 is 0 Å². The summed E-state index contributed by atoms with van der Waals surface area (Å²) in [6.45, 7) is 10.3. The van der Waals surface area contributed by atoms with Gasteiger partial charge in [-0.2, -0.15) is 0 Å². The van der Waals surface area contributed by atoms with E-state index in [1.807, 2.05) is 31.5 Å². The highest BCUT2D eigenvalue weighted by atomic mass is 16.5. The van der Waals surface area contributed by atoms with Crippen LogP contribution < -0.4 is 5.48 Å². The number of amides is 1. The number of hydrogen-bond donors (Lipinski definition) is 2. The minimum Gasteiger partial charge on any atom is -0.304 e. The zero-order valence-corrected chi connectivity index (χ0v) is 18.9. The van der Waals surface area contributed by atoms with Crippen molar-refractivity contribution in [3.8, 4) is 5.69 Å². The van der Waals surface area contributed by atoms with E-state index in [0.717, 1.165) is 37.6 Å². The molecule has 168 valence electrons. The van der Waals surface area contributed by atoms with Crippen LogP contribution in [0.15, 0.2) is 60.9 Å². The van der Waals surface area contributed by atoms with E-state index < -0.39 is 5.91 Å². The average molecular weight is 434 g/mol. The fourth-order valence-corrected chi connectivity index (χ4v) is 4.70. The number of hydroxylamine groups is 1. The highest BCUT2D eigenvalue weighted by Crippen LogP contribution is 2.23. The average Bonchev–Trinajstić information content (AvgIpc) is 3.22. The molecule has 1 amide bonds. The van der Waals surface area contributed by atoms with E-state index in [1.165, 1.54) is 11.3 Å². The second-order valence-electron chi connectivity index (χ2n) is 8.68. The van der Waals surface area contributed by atoms with Gasteiger partial charge in [-0.3, -0.25) is 19.8 Å². The fourth-order valence-electron chi connectivity index (χ4n) is 4.70. The molecule has 3 aromatic rings. The molecule has 4 rings (SSSR count). The summed E-state index contributed by atoms with van der Waals surface area (Å²) in [7, 11) is 0. The lowest BCUT2D eigenvalue weighted by Crippen LogP contribution is -2.55. The molecule has 2 aromatic carbocycles. The number of nitrogens with one attached hydrogen (secondary N) is 1. The number of aryl methyl sites for hydroxylation is 1. The summed E-state index contributed by atoms with van der Waals surface area (Å²) in [4.78, 5) is 21.0. The van der Waals surface area contributed by atoms with Crippen LogP contribution in [0.5, 0.6) is 0 Å². The molecule has 0 aliphatic carbocycles. The monoisotopic (exact) mass is 433 g/mol. The van der Waals surface area contributed by atoms with Crippen molar-refractivity contribution in [2.75, 3.05) is 13.1 Å². The van der Waals surface area contributed by atoms with E-state index in [0.29, 0.717) is 17.6 Å². The van der Waals surface area contributed by atoms with Gasteiger partial charge in [0.1, 0.15) is 5.82 Å². The normalized spacial score (nSPS) is 19.8. The van der Waals surface area contributed by atoms with Gasteiger partial charge in [0.05, 0.1) is 5.69 Å². The van der Waals surface area contributed by atoms with Crippen molar-refractivity contribution >= 4 is 5.91 Å². The summed E-state index contributed by atoms with van der Waals surface area (Å²) in [6, 6.07) is 16.8. The first-order valence-corrected chi connectivity index (χ1v) is 11.1. The van der Waals surface area contributed by atoms with Crippen molar-refractivity contribution in [3.63, 3.8) is 0 Å². The number of carbonyl (C=O) groups excluding carboxylic acids is 1. The Morgan fingerprint density at radius 1 is 1.06 bits per heavy atom. The molecular weight excluding hydrogens is 402 g/mol. The summed E-state index contributed by atoms with van der Waals surface area (Å²) in [5.74, 6) is 0.504. The third-order valence-corrected chi connectivity index (χ3v) is 6.33. The number of nitrogens with zero attached hydrogens (tertiary/aromatic N) is 4. The first kappa shape index (κ1) is 22.2. The number of aromatic nitrogens is 2. The molecule has 2 heterocycles. The van der Waals surface area contributed by atoms with Crippen molar-refractivity contribution in [1.29, 1.82) is 0 Å². The maximum Gasteiger partial charge on any atom is 0.274 e. The molecule has 7 nitrogen and oxygen atoms in total. The number of hydrogen-bond acceptors (Lipinski definition) is 5. The van der Waals surface area contributed by atoms with E-state index in [2.05, 4.69) is 57.5 Å². The van der Waals surface area contributed by atoms with Gasteiger partial charge >= 0.3 is 0 Å². The van der Waals surface area contributed by atoms with E-state index in [1.54, 1.807) is 17.6 Å². The molecule has 2 atom stereocenters. The molecule has 1 aliphatic heterocycles. The molecule has 2 unspecified atom stereocenters. The van der Waals surface area contributed by atoms with Gasteiger partial charge < -0.3 is 4.57 Å². The minimum absolute atomic E-state index is 0.404. The molecule has 0 radical (unpaired) electrons. The SMILES string of the molecule is Cc1nccn1-c1ccccc1CN1CC(C)N(Cc2ccc(C(=O)NO)cc2)C(C)C1. The van der Waals surface area contributed by atoms with Gasteiger partial charge in [-0.25, -0.2) is 10.5 Å². The maximum atomic E-state index is 11.5. The highest BCUT2D eigenvalue weighted by molar-refractivity contribution is 5.93. The van der Waals surface area contributed by atoms with Crippen LogP contribution in [0.3, 0.4) is 0 Å². The summed E-state index contributed by atoms with van der Waals surface area (Å²) in [6.07, 6.45) is 3.87. The minimum atomic E-state index is -0.488. The number of piperazine rings is 1. The topological polar surface area (TPSA) is 73.6 Å². The van der Waals surface area contributed by atoms with Crippen LogP contribution in [0.4, 0.5) is 0 Å². The molecule has 0 spiro atoms. The Morgan fingerprint density at radius 2 is 1.75 bits per heavy atom. The van der Waals surface area contributed by atoms with Crippen molar-refractivity contribution in [2.45, 2.75) is 45.9 Å². The highest BCUT2D eigenvalue weighted by Gasteiger charge is 2.29. The first-order chi connectivity index (χ1) is 15.5. The summed E-state index contributed by atoms with van der Waals surface area (Å²) >= 11 is 0. The van der Waals surface area contributed by atoms with Crippen LogP contribution in [-0.4, -0.2) is 55.6 Å². The smallest absolute Gasteiger partial charge is 0.274 e. The van der Waals surface area contributed by atoms with Gasteiger partial charge in [0.25, 0.3) is 5.91 Å². The van der Waals surface area contributed by atoms with E-state index in [4.69, 9.17) is 5.21 Å². The van der Waals surface area contributed by atoms with Crippen molar-refractivity contribution in [3.05, 3.63) is 83.4 Å². The predicted octanol–water partition coefficient (Wildman–Crippen LogP) is 3.39. The van der Waals surface area contributed by atoms with Gasteiger partial charge in [-0.1, -0.05) is 30.3 Å². The van der Waals surface area contributed by atoms with E-state index >= 15 is 0 Å². The largest absolute Gasteiger partial charge is 0.304 e. The Labute approximate surface area is 189 Å². The molecule has 7 heteroatoms. The lowest BCUT2D eigenvalue weighted by Gasteiger charge is -2.44. The summed E-state index contributed by atoms with van der Waals surface area (Å²) in [5, 5.41) is 8.79. The van der Waals surface area contributed by atoms with Crippen LogP contribution in [-0.2, 0) is 13.1 Å². The standard InChI is InChI=1S/C25H31N5O2/c1-18-14-28(17-23-6-4-5-7-24(23)29-13-12-26-20(29)3)15-19(2)30(18)16-21-8-10-22(11-9-21)25(31)27-32/h4-13,18-19,32H,14-17H2,1-3H3,(H,27,31). The molecule has 1 aliphatic rings. The van der Waals surface area contributed by atoms with E-state index in [9.17, 15) is 4.79 Å². The second-order valence-corrected chi connectivity index (χ2v) is 8.68. The quantitative estimate of drug-likeness (QED) is 0.460. The number of rotatable bonds is 6. The van der Waals surface area contributed by atoms with E-state index in [-0.39, 0.29) is 0 Å². The molecular formula is C25H31N5O2. The Balaban J connectivity index is 1.43. The third kappa shape index (κ3) is 4.75. The number of imidazole rings is 1. The van der Waals surface area contributed by atoms with Crippen LogP contribution in [0.2, 0.25) is 0 Å². The van der Waals surface area contributed by atoms with Crippen molar-refractivity contribution < 1.29 is 10.0 Å². The van der Waals surface area contributed by atoms with Crippen LogP contribution in [0.25, 0.3) is 5.69 Å². The summed E-state index contributed by atoms with van der Waals surface area (Å²) in [5.41, 5.74) is 5.79. The Hall–Kier alpha value is -3.00. The number of para-hydroxylation sites is 1. The zero-order chi connectivity index (χ0) is 22.7. The Kier molecular flexibility index (Phi) is 6.69. The Morgan fingerprint density at radius 3 is 2.38 bits per heavy atom. The fraction of sp³-hybridized carbons (Fsp3) is 0.360. The molecule has 32 heavy (non-hydrogen) atoms. The third-order valence-electron chi connectivity index (χ3n) is 6.33. The maximum absolute atomic E-state index is 11.5. The number of carbonyl (C=O) groups is 1. The number of benzene rings is 2. The summed E-state index contributed by atoms with van der Waals surface area (Å²) < 4.78 is 2.15. The van der Waals surface area contributed by atoms with Gasteiger partial charge in [0.2, 0.25) is 0 Å². The first-order valence-electron chi connectivity index (χ1n) is 11.1. The van der Waals surface area contributed by atoms with Crippen molar-refractivity contribution in [2.24, 2.45) is 0 Å². The van der Waals surface area contributed by atoms with Gasteiger partial charge in [-0.15, -0.1) is 0 Å². The second kappa shape index (κ2) is 9.65. The van der Waals surface area contributed by atoms with Gasteiger partial charge in [0, 0.05) is 56.2 Å². The predicted molar refractivity (Wildman–Crippen MR) is 124 cm³/mol. The lowest BCUT2D eigenvalue weighted by molar-refractivity contribution is 0.0290. The van der Waals surface area contributed by atoms with Gasteiger partial charge in [0.15, 0.2) is 0 Å². The Bertz CT molecular complexity index is 1050. The molecule has 1 aromatic heterocycles. The van der Waals surface area contributed by atoms with Crippen LogP contribution in [0.1, 0.15) is 41.2 Å². The van der Waals surface area contributed by atoms with Gasteiger partial charge in [-0.05, 0) is 50.1 Å². The molecule has 1 saturated heterocycles. The molecule has 0 saturated carbocycles. The van der Waals surface area contributed by atoms with Crippen molar-refractivity contribution in [1.82, 2.24) is 24.8 Å².